The van der Waals surface area contributed by atoms with E-state index in [9.17, 15) is 4.39 Å². The zero-order valence-corrected chi connectivity index (χ0v) is 13.1. The monoisotopic (exact) mass is 357 g/mol. The number of nitrogens with two attached hydrogens (primary N) is 1. The molecule has 2 aromatic rings. The van der Waals surface area contributed by atoms with Gasteiger partial charge in [0, 0.05) is 33.0 Å². The predicted octanol–water partition coefficient (Wildman–Crippen LogP) is 3.38. The molecule has 7 heteroatoms. The molecule has 0 aliphatic carbocycles. The van der Waals surface area contributed by atoms with E-state index in [-0.39, 0.29) is 5.84 Å². The smallest absolute Gasteiger partial charge is 0.172 e. The number of nitrogens with zero attached hydrogens (tertiary/aromatic N) is 2. The quantitative estimate of drug-likeness (QED) is 0.381. The highest BCUT2D eigenvalue weighted by Crippen LogP contribution is 2.25. The van der Waals surface area contributed by atoms with E-state index < -0.39 is 5.82 Å². The van der Waals surface area contributed by atoms with E-state index in [1.165, 1.54) is 12.1 Å². The molecule has 0 radical (unpaired) electrons. The number of hydrogen-bond acceptors (Lipinski definition) is 4. The molecule has 0 unspecified atom stereocenters. The molecule has 106 valence electrons. The second-order valence-electron chi connectivity index (χ2n) is 4.23. The molecular formula is C13H13BrFN3OS. The van der Waals surface area contributed by atoms with Crippen molar-refractivity contribution in [3.63, 3.8) is 0 Å². The summed E-state index contributed by atoms with van der Waals surface area (Å²) < 4.78 is 14.4. The molecule has 2 rings (SSSR count). The molecule has 20 heavy (non-hydrogen) atoms. The Morgan fingerprint density at radius 1 is 1.50 bits per heavy atom. The second kappa shape index (κ2) is 6.23. The van der Waals surface area contributed by atoms with Crippen molar-refractivity contribution >= 4 is 38.8 Å². The van der Waals surface area contributed by atoms with E-state index in [1.807, 2.05) is 23.4 Å². The summed E-state index contributed by atoms with van der Waals surface area (Å²) in [7, 11) is 1.87. The maximum Gasteiger partial charge on any atom is 0.172 e. The lowest BCUT2D eigenvalue weighted by Gasteiger charge is -2.21. The Morgan fingerprint density at radius 3 is 2.85 bits per heavy atom. The number of anilines is 1. The third-order valence-corrected chi connectivity index (χ3v) is 4.45. The molecule has 0 aliphatic heterocycles. The Bertz CT molecular complexity index is 644. The van der Waals surface area contributed by atoms with Gasteiger partial charge in [-0.15, -0.1) is 11.3 Å². The maximum absolute atomic E-state index is 13.3. The van der Waals surface area contributed by atoms with Crippen LogP contribution < -0.4 is 10.6 Å². The van der Waals surface area contributed by atoms with Gasteiger partial charge in [0.2, 0.25) is 0 Å². The van der Waals surface area contributed by atoms with Crippen molar-refractivity contribution in [2.75, 3.05) is 11.9 Å². The van der Waals surface area contributed by atoms with Crippen LogP contribution in [0.3, 0.4) is 0 Å². The van der Waals surface area contributed by atoms with Gasteiger partial charge in [0.1, 0.15) is 5.82 Å². The Labute approximate surface area is 128 Å². The van der Waals surface area contributed by atoms with Gasteiger partial charge in [0.25, 0.3) is 0 Å². The van der Waals surface area contributed by atoms with Crippen LogP contribution in [0.1, 0.15) is 10.4 Å². The summed E-state index contributed by atoms with van der Waals surface area (Å²) in [5.74, 6) is -0.540. The molecule has 1 heterocycles. The Kier molecular flexibility index (Phi) is 4.61. The Balaban J connectivity index is 2.31. The molecule has 0 bridgehead atoms. The van der Waals surface area contributed by atoms with E-state index in [1.54, 1.807) is 17.4 Å². The second-order valence-corrected chi connectivity index (χ2v) is 6.15. The van der Waals surface area contributed by atoms with Crippen LogP contribution in [0.4, 0.5) is 10.1 Å². The first-order valence-electron chi connectivity index (χ1n) is 5.72. The van der Waals surface area contributed by atoms with Crippen LogP contribution in [0.15, 0.2) is 39.3 Å². The average molecular weight is 358 g/mol. The molecule has 4 nitrogen and oxygen atoms in total. The van der Waals surface area contributed by atoms with Gasteiger partial charge in [-0.05, 0) is 40.2 Å². The van der Waals surface area contributed by atoms with Crippen molar-refractivity contribution in [1.29, 1.82) is 0 Å². The molecule has 0 saturated heterocycles. The number of thiophene rings is 1. The summed E-state index contributed by atoms with van der Waals surface area (Å²) in [6, 6.07) is 6.24. The van der Waals surface area contributed by atoms with Crippen LogP contribution in [0, 0.1) is 5.82 Å². The lowest BCUT2D eigenvalue weighted by molar-refractivity contribution is 0.318. The molecule has 0 atom stereocenters. The number of rotatable bonds is 4. The van der Waals surface area contributed by atoms with Crippen molar-refractivity contribution in [2.24, 2.45) is 10.9 Å². The summed E-state index contributed by atoms with van der Waals surface area (Å²) in [4.78, 5) is 3.07. The number of hydrogen-bond donors (Lipinski definition) is 2. The fourth-order valence-corrected chi connectivity index (χ4v) is 3.36. The molecule has 1 aromatic carbocycles. The number of amidine groups is 1. The predicted molar refractivity (Wildman–Crippen MR) is 83.0 cm³/mol. The third kappa shape index (κ3) is 3.29. The molecular weight excluding hydrogens is 345 g/mol. The van der Waals surface area contributed by atoms with Crippen LogP contribution in [-0.2, 0) is 6.54 Å². The molecule has 0 amide bonds. The van der Waals surface area contributed by atoms with E-state index in [2.05, 4.69) is 21.1 Å². The van der Waals surface area contributed by atoms with Crippen LogP contribution in [0.25, 0.3) is 0 Å². The van der Waals surface area contributed by atoms with Crippen molar-refractivity contribution < 1.29 is 9.60 Å². The summed E-state index contributed by atoms with van der Waals surface area (Å²) in [5, 5.41) is 13.7. The van der Waals surface area contributed by atoms with Gasteiger partial charge in [0.15, 0.2) is 5.84 Å². The number of oxime groups is 1. The molecule has 1 aromatic heterocycles. The van der Waals surface area contributed by atoms with Crippen molar-refractivity contribution in [3.8, 4) is 0 Å². The average Bonchev–Trinajstić information content (AvgIpc) is 2.82. The number of benzene rings is 1. The van der Waals surface area contributed by atoms with Gasteiger partial charge >= 0.3 is 0 Å². The van der Waals surface area contributed by atoms with E-state index in [4.69, 9.17) is 10.9 Å². The Hall–Kier alpha value is -1.60. The minimum atomic E-state index is -0.428. The first kappa shape index (κ1) is 14.8. The minimum Gasteiger partial charge on any atom is -0.409 e. The molecule has 0 fully saturated rings. The zero-order valence-electron chi connectivity index (χ0n) is 10.7. The minimum absolute atomic E-state index is 0.112. The maximum atomic E-state index is 13.3. The van der Waals surface area contributed by atoms with Crippen LogP contribution in [0.5, 0.6) is 0 Å². The first-order valence-corrected chi connectivity index (χ1v) is 7.40. The van der Waals surface area contributed by atoms with Gasteiger partial charge in [-0.2, -0.15) is 0 Å². The first-order chi connectivity index (χ1) is 9.51. The lowest BCUT2D eigenvalue weighted by atomic mass is 10.1. The van der Waals surface area contributed by atoms with Crippen LogP contribution in [-0.4, -0.2) is 18.1 Å². The van der Waals surface area contributed by atoms with Gasteiger partial charge in [-0.1, -0.05) is 5.16 Å². The largest absolute Gasteiger partial charge is 0.409 e. The zero-order chi connectivity index (χ0) is 14.7. The van der Waals surface area contributed by atoms with Crippen molar-refractivity contribution in [1.82, 2.24) is 0 Å². The topological polar surface area (TPSA) is 61.8 Å². The van der Waals surface area contributed by atoms with Gasteiger partial charge in [-0.25, -0.2) is 4.39 Å². The van der Waals surface area contributed by atoms with Gasteiger partial charge in [0.05, 0.1) is 6.54 Å². The third-order valence-electron chi connectivity index (χ3n) is 2.77. The van der Waals surface area contributed by atoms with E-state index in [0.717, 1.165) is 9.35 Å². The van der Waals surface area contributed by atoms with Gasteiger partial charge in [-0.3, -0.25) is 0 Å². The highest BCUT2D eigenvalue weighted by molar-refractivity contribution is 9.10. The summed E-state index contributed by atoms with van der Waals surface area (Å²) in [5.41, 5.74) is 6.67. The normalized spacial score (nSPS) is 11.7. The summed E-state index contributed by atoms with van der Waals surface area (Å²) in [6.45, 7) is 0.646. The Morgan fingerprint density at radius 2 is 2.25 bits per heavy atom. The SMILES string of the molecule is CN(Cc1cc(Br)cs1)c1ccc(F)cc1C(N)=NO. The van der Waals surface area contributed by atoms with E-state index >= 15 is 0 Å². The molecule has 3 N–H and O–H groups in total. The highest BCUT2D eigenvalue weighted by Gasteiger charge is 2.13. The summed E-state index contributed by atoms with van der Waals surface area (Å²) >= 11 is 5.03. The van der Waals surface area contributed by atoms with E-state index in [0.29, 0.717) is 17.8 Å². The van der Waals surface area contributed by atoms with Crippen molar-refractivity contribution in [3.05, 3.63) is 50.4 Å². The standard InChI is InChI=1S/C13H13BrFN3OS/c1-18(6-10-4-8(14)7-20-10)12-3-2-9(15)5-11(12)13(16)17-19/h2-5,7,19H,6H2,1H3,(H2,16,17). The molecule has 0 aliphatic rings. The van der Waals surface area contributed by atoms with Gasteiger partial charge < -0.3 is 15.8 Å². The van der Waals surface area contributed by atoms with Crippen LogP contribution >= 0.6 is 27.3 Å². The fourth-order valence-electron chi connectivity index (χ4n) is 1.86. The molecule has 0 saturated carbocycles. The van der Waals surface area contributed by atoms with Crippen molar-refractivity contribution in [2.45, 2.75) is 6.54 Å². The number of halogens is 2. The lowest BCUT2D eigenvalue weighted by Crippen LogP contribution is -2.22. The summed E-state index contributed by atoms with van der Waals surface area (Å²) in [6.07, 6.45) is 0. The fraction of sp³-hybridized carbons (Fsp3) is 0.154. The highest BCUT2D eigenvalue weighted by atomic mass is 79.9. The molecule has 0 spiro atoms. The van der Waals surface area contributed by atoms with Crippen LogP contribution in [0.2, 0.25) is 0 Å².